The van der Waals surface area contributed by atoms with Crippen molar-refractivity contribution in [2.45, 2.75) is 97.2 Å². The minimum atomic E-state index is -0.629. The third-order valence-electron chi connectivity index (χ3n) is 13.1. The summed E-state index contributed by atoms with van der Waals surface area (Å²) >= 11 is 0. The number of ether oxygens (including phenoxy) is 5. The van der Waals surface area contributed by atoms with Crippen LogP contribution in [0.5, 0.6) is 23.0 Å². The van der Waals surface area contributed by atoms with Gasteiger partial charge in [-0.1, -0.05) is 0 Å². The van der Waals surface area contributed by atoms with E-state index in [1.54, 1.807) is 40.1 Å². The number of piperidine rings is 2. The number of rotatable bonds is 12. The zero-order valence-electron chi connectivity index (χ0n) is 41.0. The lowest BCUT2D eigenvalue weighted by molar-refractivity contribution is 0.00528. The van der Waals surface area contributed by atoms with Crippen LogP contribution < -0.4 is 35.4 Å². The van der Waals surface area contributed by atoms with Gasteiger partial charge in [-0.2, -0.15) is 0 Å². The molecule has 376 valence electrons. The monoisotopic (exact) mass is 974 g/mol. The molecule has 0 atom stereocenters. The second-order valence-corrected chi connectivity index (χ2v) is 19.4. The quantitative estimate of drug-likeness (QED) is 0.157. The van der Waals surface area contributed by atoms with Crippen molar-refractivity contribution in [3.8, 4) is 23.0 Å². The molecule has 2 saturated heterocycles. The molecule has 6 aromatic heterocycles. The molecule has 0 saturated carbocycles. The molecule has 6 aromatic rings. The van der Waals surface area contributed by atoms with Gasteiger partial charge in [0.15, 0.2) is 23.0 Å². The molecule has 71 heavy (non-hydrogen) atoms. The van der Waals surface area contributed by atoms with Crippen LogP contribution in [0, 0.1) is 12.7 Å². The van der Waals surface area contributed by atoms with E-state index in [2.05, 4.69) is 35.1 Å². The van der Waals surface area contributed by atoms with Gasteiger partial charge in [0.25, 0.3) is 11.1 Å². The van der Waals surface area contributed by atoms with Crippen molar-refractivity contribution in [3.05, 3.63) is 117 Å². The van der Waals surface area contributed by atoms with Crippen LogP contribution in [0.1, 0.15) is 63.4 Å². The number of halogens is 1. The fraction of sp³-hybridized carbons (Fsp3) is 0.481. The Labute approximate surface area is 411 Å². The lowest BCUT2D eigenvalue weighted by Crippen LogP contribution is -2.49. The topological polar surface area (TPSA) is 181 Å². The van der Waals surface area contributed by atoms with E-state index in [9.17, 15) is 18.8 Å². The van der Waals surface area contributed by atoms with Crippen molar-refractivity contribution >= 4 is 28.2 Å². The smallest absolute Gasteiger partial charge is 0.410 e. The van der Waals surface area contributed by atoms with Gasteiger partial charge in [0, 0.05) is 94.4 Å². The minimum absolute atomic E-state index is 0.0355. The fourth-order valence-electron chi connectivity index (χ4n) is 9.42. The Morgan fingerprint density at radius 3 is 1.79 bits per heavy atom. The summed E-state index contributed by atoms with van der Waals surface area (Å²) in [6, 6.07) is 14.1. The average Bonchev–Trinajstić information content (AvgIpc) is 3.37. The Bertz CT molecular complexity index is 2950. The predicted octanol–water partition coefficient (Wildman–Crippen LogP) is 5.73. The molecule has 0 spiro atoms. The molecular weight excluding hydrogens is 912 g/mol. The van der Waals surface area contributed by atoms with E-state index in [4.69, 9.17) is 23.7 Å². The summed E-state index contributed by atoms with van der Waals surface area (Å²) in [4.78, 5) is 62.2. The van der Waals surface area contributed by atoms with E-state index >= 15 is 0 Å². The SMILES string of the molecule is CC(C)(C)OC(=O)N(Cc1cc2c(cn1)OCCO2)C1CCN(CCn2c(=O)ccc3ncc(F)cc32)CC1.Cc1cnc2ccc(=O)n(CCN3CCC(NCc4cc5c(cn4)OCCO5)CC3)c2c1. The fourth-order valence-corrected chi connectivity index (χ4v) is 9.42. The first-order valence-corrected chi connectivity index (χ1v) is 24.6. The number of pyridine rings is 6. The van der Waals surface area contributed by atoms with Gasteiger partial charge in [-0.25, -0.2) is 9.18 Å². The molecule has 0 unspecified atom stereocenters. The number of hydrogen-bond acceptors (Lipinski definition) is 15. The normalized spacial score (nSPS) is 16.6. The standard InChI is InChI=1S/C28H34FN5O5.C24H29N5O3/c1-28(2,3)39-27(36)34(18-20-15-24-25(17-30-20)38-13-12-37-24)21-6-8-32(9-7-21)10-11-33-23-14-19(29)16-31-22(23)4-5-26(33)35;1-17-12-21-20(27-14-17)2-3-24(30)29(21)9-8-28-6-4-18(5-7-28)25-15-19-13-22-23(16-26-19)32-11-10-31-22/h4-5,14-17,21H,6-13,18H2,1-3H3;2-3,12-14,16,18,25H,4-11,15H2,1H3. The number of nitrogens with zero attached hydrogens (tertiary/aromatic N) is 9. The van der Waals surface area contributed by atoms with E-state index in [1.165, 1.54) is 12.1 Å². The maximum atomic E-state index is 13.8. The zero-order chi connectivity index (χ0) is 49.5. The molecule has 10 heterocycles. The number of fused-ring (bicyclic) bond motifs is 4. The van der Waals surface area contributed by atoms with Crippen LogP contribution in [0.15, 0.2) is 82.9 Å². The Morgan fingerprint density at radius 2 is 1.20 bits per heavy atom. The van der Waals surface area contributed by atoms with Crippen LogP contribution in [0.4, 0.5) is 9.18 Å². The van der Waals surface area contributed by atoms with Crippen LogP contribution in [-0.4, -0.2) is 133 Å². The zero-order valence-corrected chi connectivity index (χ0v) is 41.0. The summed E-state index contributed by atoms with van der Waals surface area (Å²) in [5.41, 5.74) is 4.80. The van der Waals surface area contributed by atoms with Crippen LogP contribution in [0.2, 0.25) is 0 Å². The van der Waals surface area contributed by atoms with Crippen LogP contribution in [0.25, 0.3) is 22.1 Å². The third kappa shape index (κ3) is 12.6. The molecule has 18 nitrogen and oxygen atoms in total. The maximum absolute atomic E-state index is 13.8. The predicted molar refractivity (Wildman–Crippen MR) is 265 cm³/mol. The first-order chi connectivity index (χ1) is 34.3. The molecule has 10 rings (SSSR count). The molecule has 0 aliphatic carbocycles. The van der Waals surface area contributed by atoms with E-state index in [0.29, 0.717) is 86.9 Å². The molecule has 2 fully saturated rings. The molecule has 0 bridgehead atoms. The van der Waals surface area contributed by atoms with Crippen molar-refractivity contribution in [2.75, 3.05) is 65.7 Å². The number of aromatic nitrogens is 6. The van der Waals surface area contributed by atoms with E-state index in [-0.39, 0.29) is 23.3 Å². The van der Waals surface area contributed by atoms with Gasteiger partial charge in [-0.05, 0) is 90.2 Å². The maximum Gasteiger partial charge on any atom is 0.410 e. The van der Waals surface area contributed by atoms with Gasteiger partial charge in [-0.15, -0.1) is 0 Å². The Hall–Kier alpha value is -6.70. The molecular formula is C52H63FN10O8. The highest BCUT2D eigenvalue weighted by molar-refractivity contribution is 5.75. The number of hydrogen-bond donors (Lipinski definition) is 1. The lowest BCUT2D eigenvalue weighted by Gasteiger charge is -2.39. The molecule has 4 aliphatic rings. The highest BCUT2D eigenvalue weighted by atomic mass is 19.1. The van der Waals surface area contributed by atoms with Crippen LogP contribution in [0.3, 0.4) is 0 Å². The van der Waals surface area contributed by atoms with Crippen molar-refractivity contribution in [1.29, 1.82) is 0 Å². The highest BCUT2D eigenvalue weighted by Crippen LogP contribution is 2.32. The third-order valence-corrected chi connectivity index (χ3v) is 13.1. The lowest BCUT2D eigenvalue weighted by atomic mass is 10.0. The summed E-state index contributed by atoms with van der Waals surface area (Å²) in [6.07, 6.45) is 9.64. The van der Waals surface area contributed by atoms with Crippen molar-refractivity contribution in [1.82, 2.24) is 49.1 Å². The number of amides is 1. The van der Waals surface area contributed by atoms with Gasteiger partial charge < -0.3 is 47.9 Å². The van der Waals surface area contributed by atoms with Crippen LogP contribution >= 0.6 is 0 Å². The van der Waals surface area contributed by atoms with E-state index < -0.39 is 11.4 Å². The van der Waals surface area contributed by atoms with Crippen molar-refractivity contribution in [2.24, 2.45) is 0 Å². The first-order valence-electron chi connectivity index (χ1n) is 24.6. The minimum Gasteiger partial charge on any atom is -0.486 e. The number of aryl methyl sites for hydroxylation is 1. The Morgan fingerprint density at radius 1 is 0.676 bits per heavy atom. The molecule has 1 N–H and O–H groups in total. The van der Waals surface area contributed by atoms with Gasteiger partial charge in [0.05, 0.1) is 58.6 Å². The summed E-state index contributed by atoms with van der Waals surface area (Å²) in [5, 5.41) is 3.63. The summed E-state index contributed by atoms with van der Waals surface area (Å²) in [6.45, 7) is 16.8. The van der Waals surface area contributed by atoms with Crippen molar-refractivity contribution < 1.29 is 32.9 Å². The molecule has 1 amide bonds. The van der Waals surface area contributed by atoms with E-state index in [0.717, 1.165) is 105 Å². The van der Waals surface area contributed by atoms with Crippen molar-refractivity contribution in [3.63, 3.8) is 0 Å². The van der Waals surface area contributed by atoms with Gasteiger partial charge in [-0.3, -0.25) is 34.4 Å². The number of likely N-dealkylation sites (tertiary alicyclic amines) is 2. The number of nitrogens with one attached hydrogen (secondary N) is 1. The second kappa shape index (κ2) is 22.2. The Balaban J connectivity index is 0.000000179. The molecule has 0 aromatic carbocycles. The largest absolute Gasteiger partial charge is 0.486 e. The first kappa shape index (κ1) is 49.3. The molecule has 4 aliphatic heterocycles. The van der Waals surface area contributed by atoms with Crippen LogP contribution in [-0.2, 0) is 30.9 Å². The molecule has 19 heteroatoms. The van der Waals surface area contributed by atoms with E-state index in [1.807, 2.05) is 56.7 Å². The number of carbonyl (C=O) groups is 1. The van der Waals surface area contributed by atoms with Gasteiger partial charge in [0.1, 0.15) is 37.8 Å². The number of carbonyl (C=O) groups excluding carboxylic acids is 1. The summed E-state index contributed by atoms with van der Waals surface area (Å²) in [5.74, 6) is 2.27. The summed E-state index contributed by atoms with van der Waals surface area (Å²) < 4.78 is 45.4. The molecule has 0 radical (unpaired) electrons. The van der Waals surface area contributed by atoms with Gasteiger partial charge >= 0.3 is 6.09 Å². The second-order valence-electron chi connectivity index (χ2n) is 19.4. The highest BCUT2D eigenvalue weighted by Gasteiger charge is 2.32. The summed E-state index contributed by atoms with van der Waals surface area (Å²) in [7, 11) is 0. The average molecular weight is 975 g/mol. The Kier molecular flexibility index (Phi) is 15.4. The van der Waals surface area contributed by atoms with Gasteiger partial charge in [0.2, 0.25) is 0 Å².